The lowest BCUT2D eigenvalue weighted by atomic mass is 10.1. The molecule has 6 heteroatoms. The lowest BCUT2D eigenvalue weighted by Gasteiger charge is -2.28. The third-order valence-corrected chi connectivity index (χ3v) is 5.44. The molecule has 0 saturated carbocycles. The Morgan fingerprint density at radius 2 is 1.86 bits per heavy atom. The van der Waals surface area contributed by atoms with E-state index in [0.717, 1.165) is 29.1 Å². The Labute approximate surface area is 164 Å². The summed E-state index contributed by atoms with van der Waals surface area (Å²) in [6.45, 7) is 5.36. The van der Waals surface area contributed by atoms with Crippen molar-refractivity contribution < 1.29 is 4.79 Å². The van der Waals surface area contributed by atoms with E-state index < -0.39 is 0 Å². The van der Waals surface area contributed by atoms with Gasteiger partial charge in [0.2, 0.25) is 0 Å². The second-order valence-corrected chi connectivity index (χ2v) is 7.45. The first-order chi connectivity index (χ1) is 13.4. The number of hydrogen-bond acceptors (Lipinski definition) is 3. The van der Waals surface area contributed by atoms with Crippen molar-refractivity contribution in [2.24, 2.45) is 7.05 Å². The number of amides is 1. The van der Waals surface area contributed by atoms with E-state index in [1.54, 1.807) is 11.9 Å². The van der Waals surface area contributed by atoms with Crippen LogP contribution in [0.15, 0.2) is 47.3 Å². The van der Waals surface area contributed by atoms with Gasteiger partial charge >= 0.3 is 0 Å². The summed E-state index contributed by atoms with van der Waals surface area (Å²) in [6.07, 6.45) is 0.770. The molecule has 144 valence electrons. The normalized spacial score (nSPS) is 13.5. The number of pyridine rings is 1. The van der Waals surface area contributed by atoms with E-state index in [9.17, 15) is 9.59 Å². The molecule has 3 aromatic rings. The van der Waals surface area contributed by atoms with Gasteiger partial charge in [-0.2, -0.15) is 5.10 Å². The Morgan fingerprint density at radius 1 is 1.11 bits per heavy atom. The van der Waals surface area contributed by atoms with Crippen molar-refractivity contribution in [3.8, 4) is 0 Å². The van der Waals surface area contributed by atoms with E-state index in [4.69, 9.17) is 0 Å². The zero-order chi connectivity index (χ0) is 19.8. The van der Waals surface area contributed by atoms with Gasteiger partial charge in [-0.1, -0.05) is 30.3 Å². The van der Waals surface area contributed by atoms with Gasteiger partial charge in [-0.15, -0.1) is 0 Å². The van der Waals surface area contributed by atoms with Crippen LogP contribution in [0.25, 0.3) is 0 Å². The fraction of sp³-hybridized carbons (Fsp3) is 0.318. The zero-order valence-electron chi connectivity index (χ0n) is 16.5. The van der Waals surface area contributed by atoms with E-state index in [1.165, 1.54) is 10.1 Å². The zero-order valence-corrected chi connectivity index (χ0v) is 16.5. The molecular weight excluding hydrogens is 352 g/mol. The van der Waals surface area contributed by atoms with Gasteiger partial charge in [0.05, 0.1) is 24.5 Å². The molecular formula is C22H24N4O2. The average Bonchev–Trinajstić information content (AvgIpc) is 3.08. The number of carbonyl (C=O) groups excluding carboxylic acids is 1. The Kier molecular flexibility index (Phi) is 4.63. The number of aryl methyl sites for hydroxylation is 2. The summed E-state index contributed by atoms with van der Waals surface area (Å²) < 4.78 is 3.51. The molecule has 2 aromatic heterocycles. The van der Waals surface area contributed by atoms with Crippen LogP contribution in [0, 0.1) is 13.8 Å². The number of carbonyl (C=O) groups is 1. The van der Waals surface area contributed by atoms with Crippen molar-refractivity contribution in [1.29, 1.82) is 0 Å². The monoisotopic (exact) mass is 376 g/mol. The molecule has 1 aliphatic rings. The standard InChI is InChI=1S/C22H24N4O2/c1-15-11-16(2)24(3)21(27)20(15)22(28)25-9-10-26-19(14-25)13-18(23-26)12-17-7-5-4-6-8-17/h4-8,11,13H,9-10,12,14H2,1-3H3. The highest BCUT2D eigenvalue weighted by Gasteiger charge is 2.26. The van der Waals surface area contributed by atoms with Crippen LogP contribution in [0.4, 0.5) is 0 Å². The molecule has 0 atom stereocenters. The summed E-state index contributed by atoms with van der Waals surface area (Å²) in [5.74, 6) is -0.199. The quantitative estimate of drug-likeness (QED) is 0.705. The van der Waals surface area contributed by atoms with Gasteiger partial charge in [-0.3, -0.25) is 14.3 Å². The maximum absolute atomic E-state index is 13.1. The second kappa shape index (κ2) is 7.11. The summed E-state index contributed by atoms with van der Waals surface area (Å²) in [6, 6.07) is 14.2. The molecule has 0 saturated heterocycles. The minimum atomic E-state index is -0.230. The highest BCUT2D eigenvalue weighted by atomic mass is 16.2. The van der Waals surface area contributed by atoms with Crippen LogP contribution in [0.2, 0.25) is 0 Å². The maximum atomic E-state index is 13.1. The summed E-state index contributed by atoms with van der Waals surface area (Å²) in [7, 11) is 1.70. The lowest BCUT2D eigenvalue weighted by Crippen LogP contribution is -2.41. The third kappa shape index (κ3) is 3.26. The Morgan fingerprint density at radius 3 is 2.61 bits per heavy atom. The minimum absolute atomic E-state index is 0.199. The van der Waals surface area contributed by atoms with E-state index in [0.29, 0.717) is 19.6 Å². The van der Waals surface area contributed by atoms with Crippen LogP contribution >= 0.6 is 0 Å². The summed E-state index contributed by atoms with van der Waals surface area (Å²) in [4.78, 5) is 27.5. The molecule has 0 radical (unpaired) electrons. The largest absolute Gasteiger partial charge is 0.331 e. The number of aromatic nitrogens is 3. The van der Waals surface area contributed by atoms with Crippen LogP contribution < -0.4 is 5.56 Å². The van der Waals surface area contributed by atoms with Gasteiger partial charge in [0, 0.05) is 25.7 Å². The van der Waals surface area contributed by atoms with Gasteiger partial charge in [-0.05, 0) is 37.1 Å². The third-order valence-electron chi connectivity index (χ3n) is 5.44. The fourth-order valence-electron chi connectivity index (χ4n) is 3.79. The molecule has 0 bridgehead atoms. The molecule has 0 aliphatic carbocycles. The van der Waals surface area contributed by atoms with Crippen molar-refractivity contribution in [3.63, 3.8) is 0 Å². The van der Waals surface area contributed by atoms with Gasteiger partial charge in [0.1, 0.15) is 5.56 Å². The highest BCUT2D eigenvalue weighted by molar-refractivity contribution is 5.95. The number of fused-ring (bicyclic) bond motifs is 1. The van der Waals surface area contributed by atoms with E-state index in [2.05, 4.69) is 23.3 Å². The molecule has 0 spiro atoms. The molecule has 0 N–H and O–H groups in total. The number of nitrogens with zero attached hydrogens (tertiary/aromatic N) is 4. The van der Waals surface area contributed by atoms with Crippen molar-refractivity contribution in [3.05, 3.63) is 86.6 Å². The molecule has 1 aliphatic heterocycles. The van der Waals surface area contributed by atoms with Gasteiger partial charge in [0.15, 0.2) is 0 Å². The topological polar surface area (TPSA) is 60.1 Å². The van der Waals surface area contributed by atoms with E-state index in [1.807, 2.05) is 42.8 Å². The molecule has 28 heavy (non-hydrogen) atoms. The van der Waals surface area contributed by atoms with Crippen molar-refractivity contribution in [2.45, 2.75) is 33.4 Å². The molecule has 4 rings (SSSR count). The summed E-state index contributed by atoms with van der Waals surface area (Å²) in [5, 5.41) is 4.69. The second-order valence-electron chi connectivity index (χ2n) is 7.45. The van der Waals surface area contributed by atoms with Gasteiger partial charge < -0.3 is 9.47 Å². The number of benzene rings is 1. The number of hydrogen-bond donors (Lipinski definition) is 0. The SMILES string of the molecule is Cc1cc(C)n(C)c(=O)c1C(=O)N1CCn2nc(Cc3ccccc3)cc2C1. The highest BCUT2D eigenvalue weighted by Crippen LogP contribution is 2.18. The summed E-state index contributed by atoms with van der Waals surface area (Å²) in [5.41, 5.74) is 4.84. The van der Waals surface area contributed by atoms with Gasteiger partial charge in [0.25, 0.3) is 11.5 Å². The van der Waals surface area contributed by atoms with Crippen LogP contribution in [-0.4, -0.2) is 31.7 Å². The predicted molar refractivity (Wildman–Crippen MR) is 107 cm³/mol. The molecule has 6 nitrogen and oxygen atoms in total. The Bertz CT molecular complexity index is 1100. The Balaban J connectivity index is 1.57. The first-order valence-electron chi connectivity index (χ1n) is 9.50. The van der Waals surface area contributed by atoms with Crippen LogP contribution in [0.3, 0.4) is 0 Å². The van der Waals surface area contributed by atoms with E-state index >= 15 is 0 Å². The van der Waals surface area contributed by atoms with Crippen LogP contribution in [0.1, 0.15) is 38.6 Å². The van der Waals surface area contributed by atoms with Crippen molar-refractivity contribution in [2.75, 3.05) is 6.54 Å². The number of rotatable bonds is 3. The van der Waals surface area contributed by atoms with Crippen LogP contribution in [-0.2, 0) is 26.6 Å². The van der Waals surface area contributed by atoms with Crippen molar-refractivity contribution >= 4 is 5.91 Å². The minimum Gasteiger partial charge on any atom is -0.331 e. The first kappa shape index (κ1) is 18.2. The van der Waals surface area contributed by atoms with Crippen LogP contribution in [0.5, 0.6) is 0 Å². The van der Waals surface area contributed by atoms with Gasteiger partial charge in [-0.25, -0.2) is 0 Å². The Hall–Kier alpha value is -3.15. The fourth-order valence-corrected chi connectivity index (χ4v) is 3.79. The molecule has 0 fully saturated rings. The maximum Gasteiger partial charge on any atom is 0.263 e. The molecule has 0 unspecified atom stereocenters. The predicted octanol–water partition coefficient (Wildman–Crippen LogP) is 2.45. The first-order valence-corrected chi connectivity index (χ1v) is 9.50. The van der Waals surface area contributed by atoms with Crippen molar-refractivity contribution in [1.82, 2.24) is 19.2 Å². The lowest BCUT2D eigenvalue weighted by molar-refractivity contribution is 0.0703. The molecule has 3 heterocycles. The molecule has 1 aromatic carbocycles. The van der Waals surface area contributed by atoms with E-state index in [-0.39, 0.29) is 17.0 Å². The smallest absolute Gasteiger partial charge is 0.263 e. The average molecular weight is 376 g/mol. The molecule has 1 amide bonds. The summed E-state index contributed by atoms with van der Waals surface area (Å²) >= 11 is 0.